The van der Waals surface area contributed by atoms with Gasteiger partial charge in [0.1, 0.15) is 11.6 Å². The second kappa shape index (κ2) is 4.70. The predicted molar refractivity (Wildman–Crippen MR) is 67.3 cm³/mol. The third-order valence-electron chi connectivity index (χ3n) is 2.43. The molecule has 0 fully saturated rings. The van der Waals surface area contributed by atoms with Crippen LogP contribution in [0.5, 0.6) is 5.75 Å². The van der Waals surface area contributed by atoms with Gasteiger partial charge in [0.25, 0.3) is 5.69 Å². The molecule has 1 aromatic heterocycles. The molecule has 18 heavy (non-hydrogen) atoms. The first-order valence-electron chi connectivity index (χ1n) is 5.16. The molecule has 0 saturated heterocycles. The number of benzene rings is 1. The van der Waals surface area contributed by atoms with Gasteiger partial charge in [0.05, 0.1) is 23.8 Å². The SMILES string of the molecule is COc1ccc(-c2cc([N+](=O)[O-])cc(N)n2)cc1. The van der Waals surface area contributed by atoms with Crippen LogP contribution >= 0.6 is 0 Å². The molecule has 0 unspecified atom stereocenters. The highest BCUT2D eigenvalue weighted by atomic mass is 16.6. The van der Waals surface area contributed by atoms with E-state index >= 15 is 0 Å². The topological polar surface area (TPSA) is 91.3 Å². The standard InChI is InChI=1S/C12H11N3O3/c1-18-10-4-2-8(3-5-10)11-6-9(15(16)17)7-12(13)14-11/h2-7H,1H3,(H2,13,14). The number of methoxy groups -OCH3 is 1. The van der Waals surface area contributed by atoms with E-state index in [9.17, 15) is 10.1 Å². The Labute approximate surface area is 103 Å². The van der Waals surface area contributed by atoms with Crippen molar-refractivity contribution in [3.05, 3.63) is 46.5 Å². The van der Waals surface area contributed by atoms with Crippen LogP contribution in [0.15, 0.2) is 36.4 Å². The van der Waals surface area contributed by atoms with Crippen LogP contribution in [0.25, 0.3) is 11.3 Å². The van der Waals surface area contributed by atoms with Crippen molar-refractivity contribution < 1.29 is 9.66 Å². The van der Waals surface area contributed by atoms with Crippen molar-refractivity contribution in [2.45, 2.75) is 0 Å². The van der Waals surface area contributed by atoms with Gasteiger partial charge in [-0.15, -0.1) is 0 Å². The van der Waals surface area contributed by atoms with Gasteiger partial charge >= 0.3 is 0 Å². The molecule has 1 aromatic carbocycles. The van der Waals surface area contributed by atoms with Gasteiger partial charge in [-0.1, -0.05) is 0 Å². The molecule has 0 bridgehead atoms. The minimum atomic E-state index is -0.495. The molecule has 0 atom stereocenters. The molecule has 6 heteroatoms. The molecule has 0 aliphatic rings. The van der Waals surface area contributed by atoms with E-state index in [0.717, 1.165) is 5.56 Å². The lowest BCUT2D eigenvalue weighted by Gasteiger charge is -2.04. The first-order chi connectivity index (χ1) is 8.60. The third kappa shape index (κ3) is 2.37. The molecule has 2 rings (SSSR count). The van der Waals surface area contributed by atoms with E-state index in [1.165, 1.54) is 12.1 Å². The van der Waals surface area contributed by atoms with E-state index in [0.29, 0.717) is 11.4 Å². The summed E-state index contributed by atoms with van der Waals surface area (Å²) in [6, 6.07) is 9.66. The Bertz CT molecular complexity index is 582. The maximum Gasteiger partial charge on any atom is 0.275 e. The van der Waals surface area contributed by atoms with Crippen LogP contribution in [0.4, 0.5) is 11.5 Å². The summed E-state index contributed by atoms with van der Waals surface area (Å²) in [5, 5.41) is 10.7. The fraction of sp³-hybridized carbons (Fsp3) is 0.0833. The Morgan fingerprint density at radius 3 is 2.50 bits per heavy atom. The van der Waals surface area contributed by atoms with Gasteiger partial charge in [0.2, 0.25) is 0 Å². The molecule has 92 valence electrons. The zero-order valence-electron chi connectivity index (χ0n) is 9.66. The molecule has 0 radical (unpaired) electrons. The van der Waals surface area contributed by atoms with E-state index in [2.05, 4.69) is 4.98 Å². The maximum atomic E-state index is 10.7. The lowest BCUT2D eigenvalue weighted by atomic mass is 10.1. The second-order valence-electron chi connectivity index (χ2n) is 3.62. The van der Waals surface area contributed by atoms with Crippen LogP contribution in [0, 0.1) is 10.1 Å². The average molecular weight is 245 g/mol. The minimum absolute atomic E-state index is 0.0756. The van der Waals surface area contributed by atoms with Gasteiger partial charge in [0, 0.05) is 11.6 Å². The van der Waals surface area contributed by atoms with E-state index in [1.54, 1.807) is 31.4 Å². The molecular weight excluding hydrogens is 234 g/mol. The highest BCUT2D eigenvalue weighted by molar-refractivity contribution is 5.65. The van der Waals surface area contributed by atoms with Gasteiger partial charge in [-0.05, 0) is 24.3 Å². The number of ether oxygens (including phenoxy) is 1. The first-order valence-corrected chi connectivity index (χ1v) is 5.16. The van der Waals surface area contributed by atoms with E-state index in [1.807, 2.05) is 0 Å². The summed E-state index contributed by atoms with van der Waals surface area (Å²) >= 11 is 0. The summed E-state index contributed by atoms with van der Waals surface area (Å²) in [5.74, 6) is 0.826. The largest absolute Gasteiger partial charge is 0.497 e. The normalized spacial score (nSPS) is 10.1. The number of hydrogen-bond donors (Lipinski definition) is 1. The molecule has 0 aliphatic carbocycles. The first kappa shape index (κ1) is 11.8. The predicted octanol–water partition coefficient (Wildman–Crippen LogP) is 2.25. The van der Waals surface area contributed by atoms with Gasteiger partial charge in [0.15, 0.2) is 0 Å². The van der Waals surface area contributed by atoms with Crippen molar-refractivity contribution in [2.75, 3.05) is 12.8 Å². The fourth-order valence-electron chi connectivity index (χ4n) is 1.55. The number of nitrogen functional groups attached to an aromatic ring is 1. The monoisotopic (exact) mass is 245 g/mol. The van der Waals surface area contributed by atoms with Crippen LogP contribution in [0.2, 0.25) is 0 Å². The Morgan fingerprint density at radius 2 is 1.94 bits per heavy atom. The lowest BCUT2D eigenvalue weighted by Crippen LogP contribution is -1.96. The van der Waals surface area contributed by atoms with Crippen LogP contribution < -0.4 is 10.5 Å². The van der Waals surface area contributed by atoms with Crippen LogP contribution in [0.1, 0.15) is 0 Å². The highest BCUT2D eigenvalue weighted by Crippen LogP contribution is 2.25. The van der Waals surface area contributed by atoms with Gasteiger partial charge in [-0.3, -0.25) is 10.1 Å². The second-order valence-corrected chi connectivity index (χ2v) is 3.62. The number of anilines is 1. The molecular formula is C12H11N3O3. The van der Waals surface area contributed by atoms with Crippen LogP contribution in [0.3, 0.4) is 0 Å². The Hall–Kier alpha value is -2.63. The fourth-order valence-corrected chi connectivity index (χ4v) is 1.55. The number of nitrogens with two attached hydrogens (primary N) is 1. The number of hydrogen-bond acceptors (Lipinski definition) is 5. The summed E-state index contributed by atoms with van der Waals surface area (Å²) in [7, 11) is 1.57. The summed E-state index contributed by atoms with van der Waals surface area (Å²) in [6.07, 6.45) is 0. The minimum Gasteiger partial charge on any atom is -0.497 e. The van der Waals surface area contributed by atoms with E-state index < -0.39 is 4.92 Å². The third-order valence-corrected chi connectivity index (χ3v) is 2.43. The smallest absolute Gasteiger partial charge is 0.275 e. The zero-order valence-corrected chi connectivity index (χ0v) is 9.66. The summed E-state index contributed by atoms with van der Waals surface area (Å²) in [4.78, 5) is 14.3. The van der Waals surface area contributed by atoms with Crippen molar-refractivity contribution in [1.29, 1.82) is 0 Å². The quantitative estimate of drug-likeness (QED) is 0.661. The molecule has 6 nitrogen and oxygen atoms in total. The molecule has 2 N–H and O–H groups in total. The van der Waals surface area contributed by atoms with Crippen molar-refractivity contribution in [3.8, 4) is 17.0 Å². The molecule has 0 saturated carbocycles. The maximum absolute atomic E-state index is 10.7. The Morgan fingerprint density at radius 1 is 1.28 bits per heavy atom. The highest BCUT2D eigenvalue weighted by Gasteiger charge is 2.11. The molecule has 2 aromatic rings. The van der Waals surface area contributed by atoms with Crippen LogP contribution in [-0.2, 0) is 0 Å². The van der Waals surface area contributed by atoms with Gasteiger partial charge in [-0.2, -0.15) is 0 Å². The molecule has 0 amide bonds. The number of pyridine rings is 1. The molecule has 0 spiro atoms. The summed E-state index contributed by atoms with van der Waals surface area (Å²) in [5.41, 5.74) is 6.68. The van der Waals surface area contributed by atoms with Crippen molar-refractivity contribution >= 4 is 11.5 Å². The van der Waals surface area contributed by atoms with Crippen LogP contribution in [-0.4, -0.2) is 17.0 Å². The average Bonchev–Trinajstić information content (AvgIpc) is 2.38. The van der Waals surface area contributed by atoms with Gasteiger partial charge < -0.3 is 10.5 Å². The number of nitro groups is 1. The number of rotatable bonds is 3. The zero-order chi connectivity index (χ0) is 13.1. The lowest BCUT2D eigenvalue weighted by molar-refractivity contribution is -0.384. The number of aromatic nitrogens is 1. The molecule has 0 aliphatic heterocycles. The van der Waals surface area contributed by atoms with Crippen molar-refractivity contribution in [1.82, 2.24) is 4.98 Å². The Kier molecular flexibility index (Phi) is 3.09. The van der Waals surface area contributed by atoms with Gasteiger partial charge in [-0.25, -0.2) is 4.98 Å². The molecule has 1 heterocycles. The van der Waals surface area contributed by atoms with E-state index in [-0.39, 0.29) is 11.5 Å². The van der Waals surface area contributed by atoms with E-state index in [4.69, 9.17) is 10.5 Å². The van der Waals surface area contributed by atoms with Crippen molar-refractivity contribution in [3.63, 3.8) is 0 Å². The summed E-state index contributed by atoms with van der Waals surface area (Å²) < 4.78 is 5.04. The van der Waals surface area contributed by atoms with Crippen molar-refractivity contribution in [2.24, 2.45) is 0 Å². The Balaban J connectivity index is 2.46. The summed E-state index contributed by atoms with van der Waals surface area (Å²) in [6.45, 7) is 0. The number of nitrogens with zero attached hydrogens (tertiary/aromatic N) is 2.